The van der Waals surface area contributed by atoms with Crippen molar-refractivity contribution in [2.75, 3.05) is 20.1 Å². The summed E-state index contributed by atoms with van der Waals surface area (Å²) in [5.74, 6) is -0.468. The molecule has 1 unspecified atom stereocenters. The van der Waals surface area contributed by atoms with Gasteiger partial charge in [-0.05, 0) is 58.0 Å². The van der Waals surface area contributed by atoms with Crippen molar-refractivity contribution >= 4 is 24.1 Å². The molecule has 206 valence electrons. The number of carboxylic acids is 1. The molecule has 11 heteroatoms. The SMILES string of the molecule is CCCNC.Cc1oc(C(CC(C)C)NC(=O)CC2CCCCC2)nc1C(=O)NCC(=O)O.N=CN. The van der Waals surface area contributed by atoms with Crippen LogP contribution in [0.25, 0.3) is 0 Å². The Morgan fingerprint density at radius 3 is 2.33 bits per heavy atom. The predicted octanol–water partition coefficient (Wildman–Crippen LogP) is 3.14. The lowest BCUT2D eigenvalue weighted by molar-refractivity contribution is -0.135. The number of oxazole rings is 1. The first-order valence-corrected chi connectivity index (χ1v) is 12.7. The number of nitrogens with zero attached hydrogens (tertiary/aromatic N) is 1. The molecule has 2 rings (SSSR count). The number of aryl methyl sites for hydroxylation is 1. The summed E-state index contributed by atoms with van der Waals surface area (Å²) in [6, 6.07) is -0.421. The summed E-state index contributed by atoms with van der Waals surface area (Å²) >= 11 is 0. The summed E-state index contributed by atoms with van der Waals surface area (Å²) in [4.78, 5) is 39.6. The second-order valence-electron chi connectivity index (χ2n) is 9.26. The molecule has 1 aliphatic carbocycles. The number of carboxylic acid groups (broad SMARTS) is 1. The number of hydrogen-bond acceptors (Lipinski definition) is 7. The van der Waals surface area contributed by atoms with Crippen LogP contribution >= 0.6 is 0 Å². The Morgan fingerprint density at radius 1 is 1.25 bits per heavy atom. The van der Waals surface area contributed by atoms with Gasteiger partial charge in [0.15, 0.2) is 5.69 Å². The number of aliphatic carboxylic acids is 1. The molecule has 1 aromatic rings. The first-order valence-electron chi connectivity index (χ1n) is 12.7. The number of carbonyl (C=O) groups excluding carboxylic acids is 2. The number of nitrogens with two attached hydrogens (primary N) is 1. The molecule has 36 heavy (non-hydrogen) atoms. The number of hydrogen-bond donors (Lipinski definition) is 6. The summed E-state index contributed by atoms with van der Waals surface area (Å²) in [5, 5.41) is 22.9. The van der Waals surface area contributed by atoms with E-state index in [1.165, 1.54) is 25.7 Å². The topological polar surface area (TPSA) is 183 Å². The van der Waals surface area contributed by atoms with E-state index in [1.807, 2.05) is 20.9 Å². The lowest BCUT2D eigenvalue weighted by atomic mass is 9.86. The van der Waals surface area contributed by atoms with Crippen LogP contribution in [0, 0.1) is 24.2 Å². The van der Waals surface area contributed by atoms with Crippen molar-refractivity contribution in [2.45, 2.75) is 85.1 Å². The second-order valence-corrected chi connectivity index (χ2v) is 9.26. The van der Waals surface area contributed by atoms with E-state index in [1.54, 1.807) is 6.92 Å². The fourth-order valence-electron chi connectivity index (χ4n) is 3.87. The quantitative estimate of drug-likeness (QED) is 0.194. The molecular formula is C25H46N6O5. The van der Waals surface area contributed by atoms with Gasteiger partial charge in [0, 0.05) is 6.42 Å². The highest BCUT2D eigenvalue weighted by atomic mass is 16.4. The molecule has 0 spiro atoms. The molecule has 1 aromatic heterocycles. The Bertz CT molecular complexity index is 788. The Morgan fingerprint density at radius 2 is 1.86 bits per heavy atom. The van der Waals surface area contributed by atoms with E-state index in [2.05, 4.69) is 33.6 Å². The van der Waals surface area contributed by atoms with Gasteiger partial charge in [0.05, 0.1) is 6.34 Å². The van der Waals surface area contributed by atoms with Crippen LogP contribution in [0.1, 0.15) is 100 Å². The minimum atomic E-state index is -1.14. The van der Waals surface area contributed by atoms with Crippen LogP contribution in [0.5, 0.6) is 0 Å². The van der Waals surface area contributed by atoms with Crippen molar-refractivity contribution in [1.82, 2.24) is 20.9 Å². The molecule has 1 heterocycles. The lowest BCUT2D eigenvalue weighted by Gasteiger charge is -2.23. The summed E-state index contributed by atoms with van der Waals surface area (Å²) in [6.45, 7) is 8.47. The van der Waals surface area contributed by atoms with Gasteiger partial charge in [-0.25, -0.2) is 4.98 Å². The summed E-state index contributed by atoms with van der Waals surface area (Å²) < 4.78 is 5.66. The molecule has 0 aromatic carbocycles. The zero-order valence-corrected chi connectivity index (χ0v) is 22.5. The Labute approximate surface area is 214 Å². The van der Waals surface area contributed by atoms with Crippen molar-refractivity contribution in [3.63, 3.8) is 0 Å². The van der Waals surface area contributed by atoms with Crippen LogP contribution in [0.2, 0.25) is 0 Å². The zero-order valence-electron chi connectivity index (χ0n) is 22.5. The Balaban J connectivity index is 0.00000134. The average molecular weight is 511 g/mol. The van der Waals surface area contributed by atoms with E-state index >= 15 is 0 Å². The minimum Gasteiger partial charge on any atom is -0.480 e. The number of rotatable bonds is 11. The van der Waals surface area contributed by atoms with Crippen LogP contribution in [0.3, 0.4) is 0 Å². The van der Waals surface area contributed by atoms with E-state index in [4.69, 9.17) is 14.9 Å². The maximum Gasteiger partial charge on any atom is 0.322 e. The smallest absolute Gasteiger partial charge is 0.322 e. The minimum absolute atomic E-state index is 0.0229. The molecule has 11 nitrogen and oxygen atoms in total. The molecule has 0 bridgehead atoms. The zero-order chi connectivity index (χ0) is 27.5. The molecule has 1 aliphatic rings. The van der Waals surface area contributed by atoms with Gasteiger partial charge in [-0.3, -0.25) is 19.8 Å². The number of amides is 2. The summed E-state index contributed by atoms with van der Waals surface area (Å²) in [6.07, 6.45) is 8.91. The van der Waals surface area contributed by atoms with Gasteiger partial charge >= 0.3 is 5.97 Å². The van der Waals surface area contributed by atoms with Gasteiger partial charge in [-0.2, -0.15) is 0 Å². The highest BCUT2D eigenvalue weighted by molar-refractivity contribution is 5.94. The fraction of sp³-hybridized carbons (Fsp3) is 0.720. The van der Waals surface area contributed by atoms with Crippen molar-refractivity contribution in [3.8, 4) is 0 Å². The normalized spacial score (nSPS) is 13.9. The molecule has 1 fully saturated rings. The maximum absolute atomic E-state index is 12.6. The fourth-order valence-corrected chi connectivity index (χ4v) is 3.87. The van der Waals surface area contributed by atoms with Crippen molar-refractivity contribution in [2.24, 2.45) is 17.6 Å². The van der Waals surface area contributed by atoms with Crippen LogP contribution in [-0.4, -0.2) is 54.3 Å². The van der Waals surface area contributed by atoms with E-state index in [0.29, 0.717) is 24.5 Å². The molecule has 0 radical (unpaired) electrons. The molecule has 7 N–H and O–H groups in total. The van der Waals surface area contributed by atoms with Crippen molar-refractivity contribution in [1.29, 1.82) is 5.41 Å². The van der Waals surface area contributed by atoms with Gasteiger partial charge in [0.2, 0.25) is 11.8 Å². The first-order chi connectivity index (χ1) is 17.1. The molecule has 2 amide bonds. The molecule has 1 saturated carbocycles. The van der Waals surface area contributed by atoms with Crippen molar-refractivity contribution < 1.29 is 23.9 Å². The molecule has 0 saturated heterocycles. The van der Waals surface area contributed by atoms with Gasteiger partial charge < -0.3 is 31.2 Å². The highest BCUT2D eigenvalue weighted by Gasteiger charge is 2.26. The lowest BCUT2D eigenvalue weighted by Crippen LogP contribution is -2.32. The van der Waals surface area contributed by atoms with E-state index < -0.39 is 24.5 Å². The summed E-state index contributed by atoms with van der Waals surface area (Å²) in [7, 11) is 1.96. The number of carbonyl (C=O) groups is 3. The van der Waals surface area contributed by atoms with E-state index in [0.717, 1.165) is 25.7 Å². The van der Waals surface area contributed by atoms with Crippen LogP contribution in [0.4, 0.5) is 0 Å². The molecular weight excluding hydrogens is 464 g/mol. The van der Waals surface area contributed by atoms with Crippen LogP contribution in [-0.2, 0) is 9.59 Å². The second kappa shape index (κ2) is 19.3. The van der Waals surface area contributed by atoms with Crippen LogP contribution in [0.15, 0.2) is 4.42 Å². The molecule has 0 aliphatic heterocycles. The van der Waals surface area contributed by atoms with Crippen molar-refractivity contribution in [3.05, 3.63) is 17.3 Å². The van der Waals surface area contributed by atoms with Gasteiger partial charge in [0.1, 0.15) is 18.3 Å². The highest BCUT2D eigenvalue weighted by Crippen LogP contribution is 2.28. The first kappa shape index (κ1) is 33.0. The largest absolute Gasteiger partial charge is 0.480 e. The summed E-state index contributed by atoms with van der Waals surface area (Å²) in [5.41, 5.74) is 4.44. The number of nitrogens with one attached hydrogen (secondary N) is 4. The maximum atomic E-state index is 12.6. The molecule has 1 atom stereocenters. The van der Waals surface area contributed by atoms with E-state index in [9.17, 15) is 14.4 Å². The average Bonchev–Trinajstić information content (AvgIpc) is 3.20. The third kappa shape index (κ3) is 14.4. The Hall–Kier alpha value is -2.95. The van der Waals surface area contributed by atoms with E-state index in [-0.39, 0.29) is 23.4 Å². The Kier molecular flexibility index (Phi) is 17.7. The van der Waals surface area contributed by atoms with Gasteiger partial charge in [-0.15, -0.1) is 0 Å². The predicted molar refractivity (Wildman–Crippen MR) is 140 cm³/mol. The standard InChI is InChI=1S/C20H31N3O5.C4H11N.CH4N2/c1-12(2)9-15(22-16(24)10-14-7-5-4-6-8-14)20-23-18(13(3)28-20)19(27)21-11-17(25)26;1-3-4-5-2;2-1-3/h12,14-15H,4-11H2,1-3H3,(H,21,27)(H,22,24)(H,25,26);5H,3-4H2,1-2H3;1H,(H3,2,3). The van der Waals surface area contributed by atoms with Crippen LogP contribution < -0.4 is 21.7 Å². The third-order valence-electron chi connectivity index (χ3n) is 5.47. The third-order valence-corrected chi connectivity index (χ3v) is 5.47. The van der Waals surface area contributed by atoms with Gasteiger partial charge in [-0.1, -0.05) is 40.0 Å². The van der Waals surface area contributed by atoms with Gasteiger partial charge in [0.25, 0.3) is 5.91 Å². The number of aromatic nitrogens is 1. The monoisotopic (exact) mass is 510 g/mol.